The Balaban J connectivity index is 3.18. The van der Waals surface area contributed by atoms with E-state index in [0.717, 1.165) is 0 Å². The first kappa shape index (κ1) is 22.2. The summed E-state index contributed by atoms with van der Waals surface area (Å²) in [7, 11) is -5.95. The van der Waals surface area contributed by atoms with Crippen LogP contribution >= 0.6 is 67.8 Å². The highest BCUT2D eigenvalue weighted by Crippen LogP contribution is 2.32. The van der Waals surface area contributed by atoms with E-state index < -0.39 is 33.9 Å². The first-order valence-electron chi connectivity index (χ1n) is 5.73. The molecule has 0 aromatic heterocycles. The van der Waals surface area contributed by atoms with Crippen LogP contribution in [0.4, 0.5) is 14.5 Å². The Morgan fingerprint density at radius 3 is 2.29 bits per heavy atom. The van der Waals surface area contributed by atoms with Crippen molar-refractivity contribution in [2.24, 2.45) is 0 Å². The van der Waals surface area contributed by atoms with Crippen molar-refractivity contribution in [1.29, 1.82) is 0 Å². The van der Waals surface area contributed by atoms with Crippen LogP contribution in [0.25, 0.3) is 0 Å². The Morgan fingerprint density at radius 2 is 1.83 bits per heavy atom. The number of ether oxygens (including phenoxy) is 1. The largest absolute Gasteiger partial charge is 0.743 e. The van der Waals surface area contributed by atoms with Crippen molar-refractivity contribution in [2.75, 3.05) is 11.9 Å². The average Bonchev–Trinajstić information content (AvgIpc) is 2.39. The van der Waals surface area contributed by atoms with Crippen LogP contribution in [0.15, 0.2) is 6.07 Å². The smallest absolute Gasteiger partial charge is 0.367 e. The fourth-order valence-electron chi connectivity index (χ4n) is 1.36. The standard InChI is InChI=1S/C11H8F2I3NO6S/c1-4(18)17-9-6(15)2-5(14)7(8(9)16)10(19)23-3-11(12,13)24(20,21)22/h2H,3H2,1H3,(H,17,18)(H,20,21,22)/p-1. The van der Waals surface area contributed by atoms with Gasteiger partial charge in [-0.2, -0.15) is 8.78 Å². The lowest BCUT2D eigenvalue weighted by Crippen LogP contribution is -2.35. The second-order valence-electron chi connectivity index (χ2n) is 4.25. The monoisotopic (exact) mass is 700 g/mol. The fraction of sp³-hybridized carbons (Fsp3) is 0.273. The van der Waals surface area contributed by atoms with Crippen molar-refractivity contribution in [3.8, 4) is 0 Å². The van der Waals surface area contributed by atoms with Gasteiger partial charge in [0.1, 0.15) is 0 Å². The van der Waals surface area contributed by atoms with Crippen LogP contribution in [0.2, 0.25) is 0 Å². The molecule has 24 heavy (non-hydrogen) atoms. The fourth-order valence-corrected chi connectivity index (χ4v) is 5.65. The third kappa shape index (κ3) is 5.31. The van der Waals surface area contributed by atoms with E-state index in [1.54, 1.807) is 45.2 Å². The Morgan fingerprint density at radius 1 is 1.29 bits per heavy atom. The molecule has 0 fully saturated rings. The van der Waals surface area contributed by atoms with Gasteiger partial charge in [0, 0.05) is 14.1 Å². The molecule has 1 rings (SSSR count). The van der Waals surface area contributed by atoms with Crippen molar-refractivity contribution >= 4 is 95.5 Å². The van der Waals surface area contributed by atoms with Gasteiger partial charge in [-0.25, -0.2) is 13.2 Å². The lowest BCUT2D eigenvalue weighted by atomic mass is 10.2. The van der Waals surface area contributed by atoms with Gasteiger partial charge in [0.05, 0.1) is 14.8 Å². The molecule has 0 heterocycles. The van der Waals surface area contributed by atoms with Crippen molar-refractivity contribution in [1.82, 2.24) is 0 Å². The molecule has 0 bridgehead atoms. The Bertz CT molecular complexity index is 799. The number of nitrogens with one attached hydrogen (secondary N) is 1. The molecule has 134 valence electrons. The van der Waals surface area contributed by atoms with E-state index in [-0.39, 0.29) is 9.13 Å². The zero-order chi connectivity index (χ0) is 18.9. The molecule has 0 saturated heterocycles. The minimum atomic E-state index is -5.95. The number of halogens is 5. The molecule has 0 aliphatic heterocycles. The third-order valence-electron chi connectivity index (χ3n) is 2.41. The van der Waals surface area contributed by atoms with E-state index in [1.807, 2.05) is 22.6 Å². The van der Waals surface area contributed by atoms with Gasteiger partial charge >= 0.3 is 11.2 Å². The maximum atomic E-state index is 13.1. The van der Waals surface area contributed by atoms with E-state index in [0.29, 0.717) is 12.8 Å². The number of alkyl halides is 2. The molecular weight excluding hydrogens is 693 g/mol. The van der Waals surface area contributed by atoms with Crippen LogP contribution in [0.5, 0.6) is 0 Å². The number of anilines is 1. The van der Waals surface area contributed by atoms with Gasteiger partial charge in [-0.1, -0.05) is 0 Å². The van der Waals surface area contributed by atoms with Crippen LogP contribution in [0.1, 0.15) is 17.3 Å². The summed E-state index contributed by atoms with van der Waals surface area (Å²) in [6.45, 7) is -0.646. The zero-order valence-electron chi connectivity index (χ0n) is 11.5. The number of carbonyl (C=O) groups excluding carboxylic acids is 2. The summed E-state index contributed by atoms with van der Waals surface area (Å²) in [4.78, 5) is 23.2. The molecule has 1 aromatic carbocycles. The molecule has 0 radical (unpaired) electrons. The van der Waals surface area contributed by atoms with Gasteiger partial charge in [-0.05, 0) is 73.8 Å². The summed E-state index contributed by atoms with van der Waals surface area (Å²) in [6.07, 6.45) is 0. The lowest BCUT2D eigenvalue weighted by molar-refractivity contribution is -0.114. The summed E-state index contributed by atoms with van der Waals surface area (Å²) in [6, 6.07) is 1.51. The van der Waals surface area contributed by atoms with Gasteiger partial charge in [0.15, 0.2) is 16.7 Å². The molecule has 0 saturated carbocycles. The van der Waals surface area contributed by atoms with Crippen molar-refractivity contribution in [2.45, 2.75) is 12.2 Å². The number of benzene rings is 1. The molecule has 0 unspecified atom stereocenters. The summed E-state index contributed by atoms with van der Waals surface area (Å²) in [5, 5.41) is -2.23. The van der Waals surface area contributed by atoms with Crippen LogP contribution in [0, 0.1) is 10.7 Å². The second-order valence-corrected chi connectivity index (χ2v) is 9.16. The SMILES string of the molecule is CC(=O)Nc1c(I)cc(I)c(C(=O)OCC(F)(F)S(=O)(=O)[O-])c1I. The van der Waals surface area contributed by atoms with E-state index in [9.17, 15) is 31.3 Å². The summed E-state index contributed by atoms with van der Waals surface area (Å²) < 4.78 is 62.9. The van der Waals surface area contributed by atoms with Crippen LogP contribution in [-0.2, 0) is 19.6 Å². The predicted molar refractivity (Wildman–Crippen MR) is 104 cm³/mol. The molecule has 0 aliphatic carbocycles. The minimum absolute atomic E-state index is 0.125. The van der Waals surface area contributed by atoms with Crippen LogP contribution in [-0.4, -0.2) is 36.7 Å². The molecule has 1 amide bonds. The number of amides is 1. The molecule has 0 atom stereocenters. The summed E-state index contributed by atoms with van der Waals surface area (Å²) in [5.41, 5.74) is 0.165. The maximum Gasteiger partial charge on any atom is 0.367 e. The average molecular weight is 700 g/mol. The van der Waals surface area contributed by atoms with E-state index >= 15 is 0 Å². The molecule has 7 nitrogen and oxygen atoms in total. The predicted octanol–water partition coefficient (Wildman–Crippen LogP) is 2.75. The Hall–Kier alpha value is 0.120. The highest BCUT2D eigenvalue weighted by Gasteiger charge is 2.39. The molecule has 0 spiro atoms. The van der Waals surface area contributed by atoms with Crippen LogP contribution < -0.4 is 5.32 Å². The highest BCUT2D eigenvalue weighted by atomic mass is 127. The van der Waals surface area contributed by atoms with Crippen molar-refractivity contribution in [3.05, 3.63) is 22.3 Å². The third-order valence-corrected chi connectivity index (χ3v) is 6.04. The zero-order valence-corrected chi connectivity index (χ0v) is 18.8. The number of hydrogen-bond acceptors (Lipinski definition) is 6. The molecule has 1 N–H and O–H groups in total. The van der Waals surface area contributed by atoms with E-state index in [1.165, 1.54) is 13.0 Å². The van der Waals surface area contributed by atoms with Crippen LogP contribution in [0.3, 0.4) is 0 Å². The van der Waals surface area contributed by atoms with E-state index in [4.69, 9.17) is 0 Å². The lowest BCUT2D eigenvalue weighted by Gasteiger charge is -2.20. The first-order chi connectivity index (χ1) is 10.8. The van der Waals surface area contributed by atoms with Gasteiger partial charge in [-0.3, -0.25) is 4.79 Å². The molecule has 1 aromatic rings. The highest BCUT2D eigenvalue weighted by molar-refractivity contribution is 14.1. The Kier molecular flexibility index (Phi) is 7.58. The van der Waals surface area contributed by atoms with Gasteiger partial charge < -0.3 is 14.6 Å². The van der Waals surface area contributed by atoms with Crippen molar-refractivity contribution in [3.63, 3.8) is 0 Å². The number of esters is 1. The Labute approximate surface area is 176 Å². The molecule has 0 aliphatic rings. The first-order valence-corrected chi connectivity index (χ1v) is 10.4. The normalized spacial score (nSPS) is 12.0. The van der Waals surface area contributed by atoms with Gasteiger partial charge in [0.25, 0.3) is 0 Å². The molecule has 13 heteroatoms. The number of hydrogen-bond donors (Lipinski definition) is 1. The topological polar surface area (TPSA) is 113 Å². The minimum Gasteiger partial charge on any atom is -0.743 e. The quantitative estimate of drug-likeness (QED) is 0.288. The van der Waals surface area contributed by atoms with E-state index in [2.05, 4.69) is 10.1 Å². The van der Waals surface area contributed by atoms with Gasteiger partial charge in [-0.15, -0.1) is 0 Å². The summed E-state index contributed by atoms with van der Waals surface area (Å²) >= 11 is 5.40. The van der Waals surface area contributed by atoms with Gasteiger partial charge in [0.2, 0.25) is 5.91 Å². The number of carbonyl (C=O) groups is 2. The van der Waals surface area contributed by atoms with Crippen molar-refractivity contribution < 1.29 is 36.1 Å². The second kappa shape index (κ2) is 8.21. The summed E-state index contributed by atoms with van der Waals surface area (Å²) in [5.74, 6) is -1.65. The maximum absolute atomic E-state index is 13.1. The number of rotatable bonds is 5. The molecular formula is C11H7F2I3NO6S-.